The number of rotatable bonds is 2. The van der Waals surface area contributed by atoms with Crippen LogP contribution in [0.2, 0.25) is 0 Å². The lowest BCUT2D eigenvalue weighted by atomic mass is 9.96. The van der Waals surface area contributed by atoms with Crippen LogP contribution in [0.5, 0.6) is 0 Å². The zero-order valence-corrected chi connectivity index (χ0v) is 10.6. The van der Waals surface area contributed by atoms with Crippen LogP contribution in [0.15, 0.2) is 48.5 Å². The lowest BCUT2D eigenvalue weighted by molar-refractivity contribution is 0.838. The molecule has 0 amide bonds. The Balaban J connectivity index is 2.07. The molecule has 0 spiro atoms. The number of imidazole rings is 1. The van der Waals surface area contributed by atoms with Crippen molar-refractivity contribution in [2.45, 2.75) is 19.8 Å². The fourth-order valence-electron chi connectivity index (χ4n) is 2.40. The topological polar surface area (TPSA) is 28.7 Å². The maximum atomic E-state index is 4.67. The first kappa shape index (κ1) is 11.0. The van der Waals surface area contributed by atoms with Gasteiger partial charge in [-0.2, -0.15) is 0 Å². The molecule has 0 saturated heterocycles. The number of aromatic nitrogens is 2. The second-order valence-electron chi connectivity index (χ2n) is 4.72. The monoisotopic (exact) mass is 236 g/mol. The lowest BCUT2D eigenvalue weighted by Gasteiger charge is -2.11. The van der Waals surface area contributed by atoms with Crippen molar-refractivity contribution in [3.8, 4) is 0 Å². The van der Waals surface area contributed by atoms with Gasteiger partial charge < -0.3 is 4.98 Å². The molecule has 2 aromatic carbocycles. The van der Waals surface area contributed by atoms with Crippen molar-refractivity contribution in [2.75, 3.05) is 0 Å². The summed E-state index contributed by atoms with van der Waals surface area (Å²) in [7, 11) is 0. The molecule has 0 saturated carbocycles. The van der Waals surface area contributed by atoms with E-state index in [2.05, 4.69) is 54.1 Å². The maximum absolute atomic E-state index is 4.67. The fourth-order valence-corrected chi connectivity index (χ4v) is 2.40. The van der Waals surface area contributed by atoms with Crippen LogP contribution in [0.4, 0.5) is 0 Å². The van der Waals surface area contributed by atoms with E-state index in [1.807, 2.05) is 18.2 Å². The highest BCUT2D eigenvalue weighted by molar-refractivity contribution is 5.75. The van der Waals surface area contributed by atoms with Crippen LogP contribution in [0, 0.1) is 6.92 Å². The minimum Gasteiger partial charge on any atom is -0.341 e. The number of nitrogens with zero attached hydrogens (tertiary/aromatic N) is 1. The zero-order chi connectivity index (χ0) is 12.5. The summed E-state index contributed by atoms with van der Waals surface area (Å²) in [5.74, 6) is 1.32. The van der Waals surface area contributed by atoms with Crippen molar-refractivity contribution in [1.82, 2.24) is 9.97 Å². The van der Waals surface area contributed by atoms with Gasteiger partial charge in [0.05, 0.1) is 11.0 Å². The molecule has 0 aliphatic carbocycles. The van der Waals surface area contributed by atoms with E-state index in [4.69, 9.17) is 0 Å². The Hall–Kier alpha value is -2.09. The van der Waals surface area contributed by atoms with Crippen LogP contribution in [0.3, 0.4) is 0 Å². The van der Waals surface area contributed by atoms with E-state index in [1.165, 1.54) is 11.1 Å². The van der Waals surface area contributed by atoms with Crippen LogP contribution in [-0.2, 0) is 0 Å². The van der Waals surface area contributed by atoms with Gasteiger partial charge in [0.15, 0.2) is 0 Å². The quantitative estimate of drug-likeness (QED) is 0.715. The van der Waals surface area contributed by atoms with Gasteiger partial charge in [0, 0.05) is 5.92 Å². The molecule has 0 fully saturated rings. The van der Waals surface area contributed by atoms with E-state index in [0.717, 1.165) is 16.9 Å². The van der Waals surface area contributed by atoms with Crippen LogP contribution in [0.25, 0.3) is 11.0 Å². The Morgan fingerprint density at radius 3 is 2.50 bits per heavy atom. The number of para-hydroxylation sites is 2. The Bertz CT molecular complexity index is 649. The molecule has 1 atom stereocenters. The average molecular weight is 236 g/mol. The van der Waals surface area contributed by atoms with Crippen molar-refractivity contribution < 1.29 is 0 Å². The molecule has 18 heavy (non-hydrogen) atoms. The first-order valence-corrected chi connectivity index (χ1v) is 6.26. The van der Waals surface area contributed by atoms with E-state index < -0.39 is 0 Å². The minimum atomic E-state index is 0.290. The molecule has 3 rings (SSSR count). The number of hydrogen-bond donors (Lipinski definition) is 1. The third kappa shape index (κ3) is 1.80. The Morgan fingerprint density at radius 2 is 1.72 bits per heavy atom. The van der Waals surface area contributed by atoms with Gasteiger partial charge in [0.2, 0.25) is 0 Å². The molecule has 90 valence electrons. The van der Waals surface area contributed by atoms with Crippen molar-refractivity contribution in [3.05, 3.63) is 65.5 Å². The molecular weight excluding hydrogens is 220 g/mol. The average Bonchev–Trinajstić information content (AvgIpc) is 2.82. The van der Waals surface area contributed by atoms with Crippen molar-refractivity contribution >= 4 is 11.0 Å². The molecule has 2 heteroatoms. The number of aromatic amines is 1. The minimum absolute atomic E-state index is 0.290. The SMILES string of the molecule is Cc1ccccc1C(C)c1nc2ccccc2[nH]1. The van der Waals surface area contributed by atoms with Gasteiger partial charge in [0.1, 0.15) is 5.82 Å². The highest BCUT2D eigenvalue weighted by Gasteiger charge is 2.14. The van der Waals surface area contributed by atoms with Gasteiger partial charge in [-0.3, -0.25) is 0 Å². The fraction of sp³-hybridized carbons (Fsp3) is 0.188. The molecular formula is C16H16N2. The first-order valence-electron chi connectivity index (χ1n) is 6.26. The van der Waals surface area contributed by atoms with Gasteiger partial charge in [0.25, 0.3) is 0 Å². The van der Waals surface area contributed by atoms with E-state index in [0.29, 0.717) is 5.92 Å². The Morgan fingerprint density at radius 1 is 1.00 bits per heavy atom. The van der Waals surface area contributed by atoms with E-state index in [1.54, 1.807) is 0 Å². The molecule has 1 unspecified atom stereocenters. The molecule has 2 nitrogen and oxygen atoms in total. The molecule has 0 bridgehead atoms. The summed E-state index contributed by atoms with van der Waals surface area (Å²) in [6, 6.07) is 16.6. The molecule has 0 radical (unpaired) electrons. The summed E-state index contributed by atoms with van der Waals surface area (Å²) in [5.41, 5.74) is 4.78. The number of benzene rings is 2. The highest BCUT2D eigenvalue weighted by atomic mass is 14.9. The number of fused-ring (bicyclic) bond motifs is 1. The third-order valence-corrected chi connectivity index (χ3v) is 3.47. The summed E-state index contributed by atoms with van der Waals surface area (Å²) in [4.78, 5) is 8.08. The second-order valence-corrected chi connectivity index (χ2v) is 4.72. The molecule has 3 aromatic rings. The first-order chi connectivity index (χ1) is 8.75. The highest BCUT2D eigenvalue weighted by Crippen LogP contribution is 2.26. The van der Waals surface area contributed by atoms with Crippen molar-refractivity contribution in [2.24, 2.45) is 0 Å². The van der Waals surface area contributed by atoms with Gasteiger partial charge in [-0.05, 0) is 30.2 Å². The summed E-state index contributed by atoms with van der Waals surface area (Å²) in [6.45, 7) is 4.34. The number of H-pyrrole nitrogens is 1. The normalized spacial score (nSPS) is 12.8. The number of nitrogens with one attached hydrogen (secondary N) is 1. The smallest absolute Gasteiger partial charge is 0.114 e. The summed E-state index contributed by atoms with van der Waals surface area (Å²) in [5, 5.41) is 0. The summed E-state index contributed by atoms with van der Waals surface area (Å²) >= 11 is 0. The number of aryl methyl sites for hydroxylation is 1. The predicted molar refractivity (Wildman–Crippen MR) is 74.8 cm³/mol. The third-order valence-electron chi connectivity index (χ3n) is 3.47. The van der Waals surface area contributed by atoms with Gasteiger partial charge in [-0.15, -0.1) is 0 Å². The predicted octanol–water partition coefficient (Wildman–Crippen LogP) is 4.02. The van der Waals surface area contributed by atoms with Gasteiger partial charge in [-0.25, -0.2) is 4.98 Å². The standard InChI is InChI=1S/C16H16N2/c1-11-7-3-4-8-13(11)12(2)16-17-14-9-5-6-10-15(14)18-16/h3-10,12H,1-2H3,(H,17,18). The molecule has 0 aliphatic rings. The number of hydrogen-bond acceptors (Lipinski definition) is 1. The van der Waals surface area contributed by atoms with Crippen molar-refractivity contribution in [1.29, 1.82) is 0 Å². The van der Waals surface area contributed by atoms with E-state index in [9.17, 15) is 0 Å². The van der Waals surface area contributed by atoms with E-state index >= 15 is 0 Å². The van der Waals surface area contributed by atoms with Crippen LogP contribution < -0.4 is 0 Å². The van der Waals surface area contributed by atoms with E-state index in [-0.39, 0.29) is 0 Å². The van der Waals surface area contributed by atoms with Gasteiger partial charge in [-0.1, -0.05) is 43.3 Å². The van der Waals surface area contributed by atoms with Crippen LogP contribution in [0.1, 0.15) is 29.8 Å². The second kappa shape index (κ2) is 4.30. The van der Waals surface area contributed by atoms with Gasteiger partial charge >= 0.3 is 0 Å². The van der Waals surface area contributed by atoms with Crippen LogP contribution in [-0.4, -0.2) is 9.97 Å². The molecule has 1 N–H and O–H groups in total. The maximum Gasteiger partial charge on any atom is 0.114 e. The Kier molecular flexibility index (Phi) is 2.63. The molecule has 0 aliphatic heterocycles. The molecule has 1 aromatic heterocycles. The van der Waals surface area contributed by atoms with Crippen LogP contribution >= 0.6 is 0 Å². The zero-order valence-electron chi connectivity index (χ0n) is 10.6. The Labute approximate surface area is 107 Å². The lowest BCUT2D eigenvalue weighted by Crippen LogP contribution is -2.00. The largest absolute Gasteiger partial charge is 0.341 e. The van der Waals surface area contributed by atoms with Crippen molar-refractivity contribution in [3.63, 3.8) is 0 Å². The summed E-state index contributed by atoms with van der Waals surface area (Å²) in [6.07, 6.45) is 0. The molecule has 1 heterocycles. The summed E-state index contributed by atoms with van der Waals surface area (Å²) < 4.78 is 0.